The maximum absolute atomic E-state index is 11.3. The average molecular weight is 346 g/mol. The van der Waals surface area contributed by atoms with E-state index in [-0.39, 0.29) is 0 Å². The smallest absolute Gasteiger partial charge is 0.438 e. The minimum absolute atomic E-state index is 0.525. The Morgan fingerprint density at radius 3 is 2.96 bits per heavy atom. The molecule has 2 atom stereocenters. The van der Waals surface area contributed by atoms with Crippen LogP contribution in [0.3, 0.4) is 0 Å². The predicted octanol–water partition coefficient (Wildman–Crippen LogP) is 2.55. The van der Waals surface area contributed by atoms with Crippen molar-refractivity contribution in [1.82, 2.24) is 9.88 Å². The molecule has 1 aromatic carbocycles. The summed E-state index contributed by atoms with van der Waals surface area (Å²) in [7, 11) is 1.27. The highest BCUT2D eigenvalue weighted by molar-refractivity contribution is 5.87. The lowest BCUT2D eigenvalue weighted by atomic mass is 10.0. The molecular formula is C19H26N2O4. The maximum atomic E-state index is 11.3. The molecule has 0 bridgehead atoms. The summed E-state index contributed by atoms with van der Waals surface area (Å²) < 4.78 is 9.70. The standard InChI is InChI=1S/C19H26N2O4/c1-12-8-13(2)18-14(10-20-15(18)9-12)4-6-21-7-5-16(22)17(11-21)25-19(23)24-3/h8-10,16-17,20,22H,4-7,11H2,1-3H3/t16-,17-/m0/s1. The van der Waals surface area contributed by atoms with E-state index in [4.69, 9.17) is 4.74 Å². The highest BCUT2D eigenvalue weighted by atomic mass is 16.7. The van der Waals surface area contributed by atoms with Crippen LogP contribution in [0, 0.1) is 13.8 Å². The van der Waals surface area contributed by atoms with Crippen molar-refractivity contribution in [2.24, 2.45) is 0 Å². The van der Waals surface area contributed by atoms with Gasteiger partial charge < -0.3 is 19.6 Å². The van der Waals surface area contributed by atoms with Gasteiger partial charge in [-0.3, -0.25) is 4.90 Å². The maximum Gasteiger partial charge on any atom is 0.508 e. The summed E-state index contributed by atoms with van der Waals surface area (Å²) in [6, 6.07) is 4.38. The van der Waals surface area contributed by atoms with Gasteiger partial charge in [0.1, 0.15) is 6.10 Å². The van der Waals surface area contributed by atoms with E-state index in [1.165, 1.54) is 34.7 Å². The first-order valence-electron chi connectivity index (χ1n) is 8.70. The van der Waals surface area contributed by atoms with Crippen LogP contribution < -0.4 is 0 Å². The van der Waals surface area contributed by atoms with Crippen molar-refractivity contribution in [3.63, 3.8) is 0 Å². The number of methoxy groups -OCH3 is 1. The van der Waals surface area contributed by atoms with Gasteiger partial charge in [-0.15, -0.1) is 0 Å². The molecule has 0 amide bonds. The number of aliphatic hydroxyl groups excluding tert-OH is 1. The minimum Gasteiger partial charge on any atom is -0.438 e. The second-order valence-electron chi connectivity index (χ2n) is 6.84. The zero-order valence-electron chi connectivity index (χ0n) is 15.0. The molecule has 0 aliphatic carbocycles. The third-order valence-electron chi connectivity index (χ3n) is 4.92. The van der Waals surface area contributed by atoms with Gasteiger partial charge in [-0.05, 0) is 49.4 Å². The lowest BCUT2D eigenvalue weighted by Crippen LogP contribution is -2.49. The molecule has 136 valence electrons. The molecule has 0 spiro atoms. The fraction of sp³-hybridized carbons (Fsp3) is 0.526. The molecule has 25 heavy (non-hydrogen) atoms. The van der Waals surface area contributed by atoms with Crippen molar-refractivity contribution >= 4 is 17.1 Å². The number of carbonyl (C=O) groups excluding carboxylic acids is 1. The first-order valence-corrected chi connectivity index (χ1v) is 8.70. The van der Waals surface area contributed by atoms with Crippen LogP contribution in [-0.4, -0.2) is 60.1 Å². The second-order valence-corrected chi connectivity index (χ2v) is 6.84. The van der Waals surface area contributed by atoms with Crippen LogP contribution in [0.4, 0.5) is 4.79 Å². The predicted molar refractivity (Wildman–Crippen MR) is 95.8 cm³/mol. The van der Waals surface area contributed by atoms with Crippen molar-refractivity contribution in [2.45, 2.75) is 38.9 Å². The number of carbonyl (C=O) groups is 1. The molecule has 1 aliphatic heterocycles. The van der Waals surface area contributed by atoms with E-state index in [1.54, 1.807) is 0 Å². The molecule has 6 nitrogen and oxygen atoms in total. The van der Waals surface area contributed by atoms with Gasteiger partial charge in [-0.2, -0.15) is 0 Å². The Labute approximate surface area is 147 Å². The fourth-order valence-corrected chi connectivity index (χ4v) is 3.68. The molecule has 1 aromatic heterocycles. The monoisotopic (exact) mass is 346 g/mol. The topological polar surface area (TPSA) is 74.8 Å². The summed E-state index contributed by atoms with van der Waals surface area (Å²) in [5, 5.41) is 11.3. The number of likely N-dealkylation sites (tertiary alicyclic amines) is 1. The highest BCUT2D eigenvalue weighted by Crippen LogP contribution is 2.25. The summed E-state index contributed by atoms with van der Waals surface area (Å²) >= 11 is 0. The Morgan fingerprint density at radius 2 is 2.20 bits per heavy atom. The van der Waals surface area contributed by atoms with Gasteiger partial charge in [0.25, 0.3) is 0 Å². The number of hydrogen-bond donors (Lipinski definition) is 2. The number of rotatable bonds is 4. The summed E-state index contributed by atoms with van der Waals surface area (Å²) in [5.74, 6) is 0. The van der Waals surface area contributed by atoms with Crippen molar-refractivity contribution in [1.29, 1.82) is 0 Å². The molecule has 2 N–H and O–H groups in total. The van der Waals surface area contributed by atoms with E-state index in [0.29, 0.717) is 13.0 Å². The van der Waals surface area contributed by atoms with Crippen LogP contribution in [-0.2, 0) is 15.9 Å². The van der Waals surface area contributed by atoms with Crippen molar-refractivity contribution in [2.75, 3.05) is 26.7 Å². The second kappa shape index (κ2) is 7.45. The van der Waals surface area contributed by atoms with E-state index < -0.39 is 18.4 Å². The number of nitrogens with one attached hydrogen (secondary N) is 1. The van der Waals surface area contributed by atoms with Gasteiger partial charge >= 0.3 is 6.16 Å². The molecule has 0 saturated carbocycles. The van der Waals surface area contributed by atoms with E-state index in [1.807, 2.05) is 0 Å². The number of fused-ring (bicyclic) bond motifs is 1. The summed E-state index contributed by atoms with van der Waals surface area (Å²) in [4.78, 5) is 16.9. The van der Waals surface area contributed by atoms with Gasteiger partial charge in [-0.1, -0.05) is 6.07 Å². The Hall–Kier alpha value is -2.05. The van der Waals surface area contributed by atoms with Crippen LogP contribution in [0.5, 0.6) is 0 Å². The largest absolute Gasteiger partial charge is 0.508 e. The number of hydrogen-bond acceptors (Lipinski definition) is 5. The molecular weight excluding hydrogens is 320 g/mol. The molecule has 3 rings (SSSR count). The number of aliphatic hydroxyl groups is 1. The molecule has 2 heterocycles. The van der Waals surface area contributed by atoms with Crippen molar-refractivity contribution < 1.29 is 19.4 Å². The lowest BCUT2D eigenvalue weighted by molar-refractivity contribution is -0.0639. The van der Waals surface area contributed by atoms with E-state index in [0.717, 1.165) is 19.5 Å². The zero-order valence-corrected chi connectivity index (χ0v) is 15.0. The summed E-state index contributed by atoms with van der Waals surface area (Å²) in [6.45, 7) is 6.42. The van der Waals surface area contributed by atoms with E-state index in [9.17, 15) is 9.90 Å². The van der Waals surface area contributed by atoms with Gasteiger partial charge in [0.15, 0.2) is 0 Å². The summed E-state index contributed by atoms with van der Waals surface area (Å²) in [6.07, 6.45) is 1.67. The lowest BCUT2D eigenvalue weighted by Gasteiger charge is -2.35. The van der Waals surface area contributed by atoms with Crippen molar-refractivity contribution in [3.05, 3.63) is 35.0 Å². The third kappa shape index (κ3) is 3.96. The molecule has 6 heteroatoms. The third-order valence-corrected chi connectivity index (χ3v) is 4.92. The Bertz CT molecular complexity index is 755. The van der Waals surface area contributed by atoms with Gasteiger partial charge in [0.05, 0.1) is 13.2 Å². The number of aromatic nitrogens is 1. The first kappa shape index (κ1) is 17.8. The Morgan fingerprint density at radius 1 is 1.40 bits per heavy atom. The van der Waals surface area contributed by atoms with Crippen LogP contribution in [0.25, 0.3) is 10.9 Å². The normalized spacial score (nSPS) is 21.4. The quantitative estimate of drug-likeness (QED) is 0.832. The molecule has 1 saturated heterocycles. The molecule has 1 fully saturated rings. The van der Waals surface area contributed by atoms with Crippen LogP contribution in [0.1, 0.15) is 23.1 Å². The minimum atomic E-state index is -0.742. The van der Waals surface area contributed by atoms with Gasteiger partial charge in [0, 0.05) is 36.7 Å². The van der Waals surface area contributed by atoms with Crippen LogP contribution in [0.2, 0.25) is 0 Å². The number of aryl methyl sites for hydroxylation is 2. The first-order chi connectivity index (χ1) is 12.0. The summed E-state index contributed by atoms with van der Waals surface area (Å²) in [5.41, 5.74) is 5.01. The Kier molecular flexibility index (Phi) is 5.30. The molecule has 0 radical (unpaired) electrons. The molecule has 0 unspecified atom stereocenters. The van der Waals surface area contributed by atoms with Crippen LogP contribution in [0.15, 0.2) is 18.3 Å². The number of aromatic amines is 1. The zero-order chi connectivity index (χ0) is 18.0. The van der Waals surface area contributed by atoms with Gasteiger partial charge in [-0.25, -0.2) is 4.79 Å². The number of piperidine rings is 1. The average Bonchev–Trinajstić information content (AvgIpc) is 2.98. The van der Waals surface area contributed by atoms with Crippen LogP contribution >= 0.6 is 0 Å². The van der Waals surface area contributed by atoms with Gasteiger partial charge in [0.2, 0.25) is 0 Å². The number of ether oxygens (including phenoxy) is 2. The Balaban J connectivity index is 1.64. The number of nitrogens with zero attached hydrogens (tertiary/aromatic N) is 1. The van der Waals surface area contributed by atoms with E-state index >= 15 is 0 Å². The number of benzene rings is 1. The fourth-order valence-electron chi connectivity index (χ4n) is 3.68. The number of H-pyrrole nitrogens is 1. The van der Waals surface area contributed by atoms with Crippen molar-refractivity contribution in [3.8, 4) is 0 Å². The highest BCUT2D eigenvalue weighted by Gasteiger charge is 2.31. The SMILES string of the molecule is COC(=O)O[C@H]1CN(CCc2c[nH]c3cc(C)cc(C)c23)CC[C@@H]1O. The molecule has 2 aromatic rings. The molecule has 1 aliphatic rings. The van der Waals surface area contributed by atoms with E-state index in [2.05, 4.69) is 46.8 Å².